The summed E-state index contributed by atoms with van der Waals surface area (Å²) in [6.07, 6.45) is 2.39. The summed E-state index contributed by atoms with van der Waals surface area (Å²) in [7, 11) is 0. The summed E-state index contributed by atoms with van der Waals surface area (Å²) in [6, 6.07) is 8.23. The van der Waals surface area contributed by atoms with Gasteiger partial charge in [-0.1, -0.05) is 34.8 Å². The molecule has 0 bridgehead atoms. The zero-order chi connectivity index (χ0) is 18.2. The first-order valence-corrected chi connectivity index (χ1v) is 10.8. The Morgan fingerprint density at radius 2 is 1.93 bits per heavy atom. The minimum atomic E-state index is -0.0121. The first-order chi connectivity index (χ1) is 13.2. The Hall–Kier alpha value is -2.10. The van der Waals surface area contributed by atoms with Crippen molar-refractivity contribution in [2.75, 3.05) is 42.9 Å². The Bertz CT molecular complexity index is 925. The number of anilines is 2. The summed E-state index contributed by atoms with van der Waals surface area (Å²) in [4.78, 5) is 21.5. The molecule has 2 aromatic heterocycles. The predicted molar refractivity (Wildman–Crippen MR) is 109 cm³/mol. The summed E-state index contributed by atoms with van der Waals surface area (Å²) in [5, 5.41) is 13.9. The smallest absolute Gasteiger partial charge is 0.240 e. The Labute approximate surface area is 165 Å². The van der Waals surface area contributed by atoms with Gasteiger partial charge in [0.1, 0.15) is 5.01 Å². The van der Waals surface area contributed by atoms with E-state index >= 15 is 0 Å². The van der Waals surface area contributed by atoms with E-state index in [1.165, 1.54) is 28.9 Å². The van der Waals surface area contributed by atoms with E-state index in [2.05, 4.69) is 37.4 Å². The molecule has 0 atom stereocenters. The van der Waals surface area contributed by atoms with Gasteiger partial charge in [-0.05, 0) is 25.0 Å². The second kappa shape index (κ2) is 7.14. The molecule has 3 aromatic rings. The highest BCUT2D eigenvalue weighted by Gasteiger charge is 2.28. The van der Waals surface area contributed by atoms with E-state index < -0.39 is 0 Å². The number of aromatic nitrogens is 3. The van der Waals surface area contributed by atoms with Gasteiger partial charge in [-0.2, -0.15) is 0 Å². The fraction of sp³-hybridized carbons (Fsp3) is 0.444. The van der Waals surface area contributed by atoms with Crippen LogP contribution in [0.3, 0.4) is 0 Å². The van der Waals surface area contributed by atoms with Gasteiger partial charge in [0.2, 0.25) is 11.0 Å². The van der Waals surface area contributed by atoms with Gasteiger partial charge in [0.15, 0.2) is 5.13 Å². The Kier molecular flexibility index (Phi) is 4.50. The van der Waals surface area contributed by atoms with Crippen molar-refractivity contribution in [1.29, 1.82) is 0 Å². The lowest BCUT2D eigenvalue weighted by Gasteiger charge is -2.33. The van der Waals surface area contributed by atoms with Gasteiger partial charge < -0.3 is 4.90 Å². The maximum Gasteiger partial charge on any atom is 0.240 e. The van der Waals surface area contributed by atoms with Gasteiger partial charge in [-0.15, -0.1) is 10.2 Å². The molecule has 0 spiro atoms. The number of hydrogen-bond acceptors (Lipinski definition) is 8. The standard InChI is InChI=1S/C18H20N6OS2/c25-15(20-17-22-21-16(27-17)12-5-6-12)11-23-7-9-24(10-8-23)18-19-13-3-1-2-4-14(13)26-18/h1-4,12H,5-11H2,(H,20,22,25). The monoisotopic (exact) mass is 400 g/mol. The second-order valence-electron chi connectivity index (χ2n) is 7.00. The number of hydrogen-bond donors (Lipinski definition) is 1. The maximum atomic E-state index is 12.3. The van der Waals surface area contributed by atoms with E-state index in [9.17, 15) is 4.79 Å². The lowest BCUT2D eigenvalue weighted by atomic mass is 10.3. The number of nitrogens with zero attached hydrogens (tertiary/aromatic N) is 5. The third-order valence-corrected chi connectivity index (χ3v) is 7.00. The molecule has 7 nitrogen and oxygen atoms in total. The molecule has 1 saturated carbocycles. The lowest BCUT2D eigenvalue weighted by Crippen LogP contribution is -2.48. The molecular weight excluding hydrogens is 380 g/mol. The molecule has 1 aromatic carbocycles. The topological polar surface area (TPSA) is 74.2 Å². The molecule has 9 heteroatoms. The van der Waals surface area contributed by atoms with E-state index in [1.807, 2.05) is 12.1 Å². The van der Waals surface area contributed by atoms with Crippen molar-refractivity contribution < 1.29 is 4.79 Å². The Morgan fingerprint density at radius 3 is 2.70 bits per heavy atom. The normalized spacial score (nSPS) is 18.1. The first-order valence-electron chi connectivity index (χ1n) is 9.21. The number of benzene rings is 1. The van der Waals surface area contributed by atoms with Crippen LogP contribution >= 0.6 is 22.7 Å². The van der Waals surface area contributed by atoms with Crippen LogP contribution in [0.15, 0.2) is 24.3 Å². The fourth-order valence-electron chi connectivity index (χ4n) is 3.23. The Balaban J connectivity index is 1.13. The zero-order valence-electron chi connectivity index (χ0n) is 14.8. The van der Waals surface area contributed by atoms with Gasteiger partial charge in [-0.25, -0.2) is 4.98 Å². The summed E-state index contributed by atoms with van der Waals surface area (Å²) in [6.45, 7) is 3.88. The molecule has 1 aliphatic heterocycles. The number of thiazole rings is 1. The van der Waals surface area contributed by atoms with Crippen LogP contribution in [0, 0.1) is 0 Å². The molecule has 1 N–H and O–H groups in total. The number of carbonyl (C=O) groups excluding carboxylic acids is 1. The minimum absolute atomic E-state index is 0.0121. The third kappa shape index (κ3) is 3.80. The highest BCUT2D eigenvalue weighted by Crippen LogP contribution is 2.42. The van der Waals surface area contributed by atoms with Gasteiger partial charge >= 0.3 is 0 Å². The fourth-order valence-corrected chi connectivity index (χ4v) is 5.18. The number of para-hydroxylation sites is 1. The molecule has 27 heavy (non-hydrogen) atoms. The van der Waals surface area contributed by atoms with Crippen LogP contribution < -0.4 is 10.2 Å². The number of rotatable bonds is 5. The van der Waals surface area contributed by atoms with Crippen LogP contribution in [0.2, 0.25) is 0 Å². The lowest BCUT2D eigenvalue weighted by molar-refractivity contribution is -0.117. The third-order valence-electron chi connectivity index (χ3n) is 4.91. The number of carbonyl (C=O) groups is 1. The van der Waals surface area contributed by atoms with Crippen LogP contribution in [0.4, 0.5) is 10.3 Å². The molecule has 1 aliphatic carbocycles. The van der Waals surface area contributed by atoms with Crippen LogP contribution in [-0.2, 0) is 4.79 Å². The summed E-state index contributed by atoms with van der Waals surface area (Å²) >= 11 is 3.24. The molecular formula is C18H20N6OS2. The Morgan fingerprint density at radius 1 is 1.11 bits per heavy atom. The van der Waals surface area contributed by atoms with Gasteiger partial charge in [0.05, 0.1) is 16.8 Å². The van der Waals surface area contributed by atoms with Crippen molar-refractivity contribution in [3.63, 3.8) is 0 Å². The van der Waals surface area contributed by atoms with E-state index in [0.29, 0.717) is 17.6 Å². The number of piperazine rings is 1. The summed E-state index contributed by atoms with van der Waals surface area (Å²) in [5.41, 5.74) is 1.06. The molecule has 5 rings (SSSR count). The quantitative estimate of drug-likeness (QED) is 0.710. The first kappa shape index (κ1) is 17.0. The van der Waals surface area contributed by atoms with Crippen LogP contribution in [-0.4, -0.2) is 58.7 Å². The highest BCUT2D eigenvalue weighted by atomic mass is 32.1. The average molecular weight is 401 g/mol. The van der Waals surface area contributed by atoms with E-state index in [-0.39, 0.29) is 5.91 Å². The molecule has 1 amide bonds. The van der Waals surface area contributed by atoms with Crippen molar-refractivity contribution >= 4 is 49.1 Å². The maximum absolute atomic E-state index is 12.3. The van der Waals surface area contributed by atoms with Crippen molar-refractivity contribution in [3.05, 3.63) is 29.3 Å². The van der Waals surface area contributed by atoms with Gasteiger partial charge in [-0.3, -0.25) is 15.0 Å². The molecule has 140 valence electrons. The van der Waals surface area contributed by atoms with Crippen molar-refractivity contribution in [3.8, 4) is 0 Å². The molecule has 1 saturated heterocycles. The molecule has 0 unspecified atom stereocenters. The molecule has 0 radical (unpaired) electrons. The highest BCUT2D eigenvalue weighted by molar-refractivity contribution is 7.22. The molecule has 2 fully saturated rings. The SMILES string of the molecule is O=C(CN1CCN(c2nc3ccccc3s2)CC1)Nc1nnc(C2CC2)s1. The number of fused-ring (bicyclic) bond motifs is 1. The molecule has 3 heterocycles. The predicted octanol–water partition coefficient (Wildman–Crippen LogP) is 2.79. The van der Waals surface area contributed by atoms with E-state index in [4.69, 9.17) is 4.98 Å². The van der Waals surface area contributed by atoms with E-state index in [0.717, 1.165) is 41.8 Å². The molecule has 2 aliphatic rings. The van der Waals surface area contributed by atoms with Crippen molar-refractivity contribution in [2.24, 2.45) is 0 Å². The van der Waals surface area contributed by atoms with Crippen molar-refractivity contribution in [1.82, 2.24) is 20.1 Å². The summed E-state index contributed by atoms with van der Waals surface area (Å²) < 4.78 is 1.22. The van der Waals surface area contributed by atoms with E-state index in [1.54, 1.807) is 11.3 Å². The van der Waals surface area contributed by atoms with Crippen LogP contribution in [0.25, 0.3) is 10.2 Å². The number of nitrogens with one attached hydrogen (secondary N) is 1. The van der Waals surface area contributed by atoms with Crippen LogP contribution in [0.5, 0.6) is 0 Å². The average Bonchev–Trinajstić information content (AvgIpc) is 3.27. The van der Waals surface area contributed by atoms with Gasteiger partial charge in [0, 0.05) is 32.1 Å². The zero-order valence-corrected chi connectivity index (χ0v) is 16.4. The van der Waals surface area contributed by atoms with Crippen LogP contribution in [0.1, 0.15) is 23.8 Å². The summed E-state index contributed by atoms with van der Waals surface area (Å²) in [5.74, 6) is 0.561. The second-order valence-corrected chi connectivity index (χ2v) is 9.01. The largest absolute Gasteiger partial charge is 0.345 e. The van der Waals surface area contributed by atoms with Crippen molar-refractivity contribution in [2.45, 2.75) is 18.8 Å². The van der Waals surface area contributed by atoms with Gasteiger partial charge in [0.25, 0.3) is 0 Å². The number of amides is 1. The minimum Gasteiger partial charge on any atom is -0.345 e.